The molecular formula is C23H33N5O2S. The number of amides is 1. The Morgan fingerprint density at radius 2 is 1.94 bits per heavy atom. The van der Waals surface area contributed by atoms with Gasteiger partial charge in [-0.15, -0.1) is 11.3 Å². The Balaban J connectivity index is 1.45. The van der Waals surface area contributed by atoms with Crippen molar-refractivity contribution in [2.24, 2.45) is 4.99 Å². The first-order valence-corrected chi connectivity index (χ1v) is 11.7. The predicted molar refractivity (Wildman–Crippen MR) is 126 cm³/mol. The zero-order valence-electron chi connectivity index (χ0n) is 18.9. The number of carbonyl (C=O) groups excluding carboxylic acids is 1. The maximum atomic E-state index is 12.8. The van der Waals surface area contributed by atoms with Crippen LogP contribution in [0.4, 0.5) is 0 Å². The lowest BCUT2D eigenvalue weighted by Gasteiger charge is -2.35. The zero-order chi connectivity index (χ0) is 22.2. The number of guanidine groups is 1. The Hall–Kier alpha value is -2.45. The molecule has 168 valence electrons. The number of aromatic nitrogens is 1. The van der Waals surface area contributed by atoms with Crippen LogP contribution in [0.5, 0.6) is 0 Å². The summed E-state index contributed by atoms with van der Waals surface area (Å²) < 4.78 is 5.72. The normalized spacial score (nSPS) is 19.4. The van der Waals surface area contributed by atoms with E-state index in [1.807, 2.05) is 49.2 Å². The minimum Gasteiger partial charge on any atom is -0.372 e. The Labute approximate surface area is 188 Å². The molecule has 0 bridgehead atoms. The van der Waals surface area contributed by atoms with Crippen molar-refractivity contribution in [3.05, 3.63) is 51.5 Å². The number of benzene rings is 1. The molecule has 31 heavy (non-hydrogen) atoms. The van der Waals surface area contributed by atoms with Crippen LogP contribution in [0.2, 0.25) is 0 Å². The average Bonchev–Trinajstić information content (AvgIpc) is 3.23. The van der Waals surface area contributed by atoms with E-state index in [4.69, 9.17) is 4.74 Å². The topological polar surface area (TPSA) is 78.8 Å². The number of rotatable bonds is 7. The van der Waals surface area contributed by atoms with Crippen molar-refractivity contribution in [1.82, 2.24) is 20.5 Å². The number of nitrogens with one attached hydrogen (secondary N) is 2. The number of hydrogen-bond acceptors (Lipinski definition) is 5. The van der Waals surface area contributed by atoms with Crippen LogP contribution in [0.25, 0.3) is 0 Å². The molecule has 1 aliphatic heterocycles. The van der Waals surface area contributed by atoms with Crippen molar-refractivity contribution < 1.29 is 9.53 Å². The molecule has 1 aromatic carbocycles. The molecule has 7 nitrogen and oxygen atoms in total. The number of aryl methyl sites for hydroxylation is 1. The monoisotopic (exact) mass is 443 g/mol. The molecule has 1 fully saturated rings. The molecule has 3 rings (SSSR count). The molecule has 8 heteroatoms. The predicted octanol–water partition coefficient (Wildman–Crippen LogP) is 2.86. The number of carbonyl (C=O) groups is 1. The molecule has 0 aliphatic carbocycles. The molecule has 1 aliphatic rings. The fourth-order valence-electron chi connectivity index (χ4n) is 3.61. The molecule has 2 heterocycles. The van der Waals surface area contributed by atoms with Gasteiger partial charge in [0.25, 0.3) is 5.91 Å². The number of morpholine rings is 1. The van der Waals surface area contributed by atoms with Gasteiger partial charge in [-0.05, 0) is 38.0 Å². The summed E-state index contributed by atoms with van der Waals surface area (Å²) in [7, 11) is 1.76. The summed E-state index contributed by atoms with van der Waals surface area (Å²) in [6, 6.07) is 7.77. The largest absolute Gasteiger partial charge is 0.372 e. The lowest BCUT2D eigenvalue weighted by molar-refractivity contribution is -0.0586. The van der Waals surface area contributed by atoms with Crippen LogP contribution in [-0.4, -0.2) is 60.6 Å². The highest BCUT2D eigenvalue weighted by Crippen LogP contribution is 2.15. The molecule has 1 amide bonds. The third-order valence-electron chi connectivity index (χ3n) is 5.17. The summed E-state index contributed by atoms with van der Waals surface area (Å²) >= 11 is 1.77. The summed E-state index contributed by atoms with van der Waals surface area (Å²) in [6.07, 6.45) is 4.01. The van der Waals surface area contributed by atoms with E-state index in [-0.39, 0.29) is 18.1 Å². The molecule has 1 aromatic heterocycles. The van der Waals surface area contributed by atoms with Gasteiger partial charge in [0.15, 0.2) is 5.96 Å². The van der Waals surface area contributed by atoms with Gasteiger partial charge in [0.1, 0.15) is 0 Å². The molecule has 2 N–H and O–H groups in total. The highest BCUT2D eigenvalue weighted by atomic mass is 32.1. The van der Waals surface area contributed by atoms with E-state index >= 15 is 0 Å². The molecule has 2 atom stereocenters. The van der Waals surface area contributed by atoms with Gasteiger partial charge in [0.05, 0.1) is 17.2 Å². The van der Waals surface area contributed by atoms with E-state index < -0.39 is 0 Å². The van der Waals surface area contributed by atoms with Crippen LogP contribution in [-0.2, 0) is 24.1 Å². The quantitative estimate of drug-likeness (QED) is 0.508. The second kappa shape index (κ2) is 11.2. The highest BCUT2D eigenvalue weighted by molar-refractivity contribution is 7.11. The van der Waals surface area contributed by atoms with E-state index in [0.717, 1.165) is 35.9 Å². The Morgan fingerprint density at radius 3 is 2.55 bits per heavy atom. The van der Waals surface area contributed by atoms with Crippen LogP contribution < -0.4 is 10.6 Å². The second-order valence-corrected chi connectivity index (χ2v) is 9.04. The van der Waals surface area contributed by atoms with Crippen LogP contribution >= 0.6 is 11.3 Å². The highest BCUT2D eigenvalue weighted by Gasteiger charge is 2.26. The number of hydrogen-bond donors (Lipinski definition) is 2. The van der Waals surface area contributed by atoms with Gasteiger partial charge in [-0.25, -0.2) is 4.98 Å². The Morgan fingerprint density at radius 1 is 1.23 bits per heavy atom. The molecule has 2 unspecified atom stereocenters. The summed E-state index contributed by atoms with van der Waals surface area (Å²) in [5.41, 5.74) is 1.80. The Bertz CT molecular complexity index is 870. The molecule has 2 aromatic rings. The van der Waals surface area contributed by atoms with E-state index in [0.29, 0.717) is 25.2 Å². The maximum absolute atomic E-state index is 12.8. The number of nitrogens with zero attached hydrogens (tertiary/aromatic N) is 3. The first kappa shape index (κ1) is 23.2. The van der Waals surface area contributed by atoms with E-state index in [1.54, 1.807) is 18.4 Å². The van der Waals surface area contributed by atoms with Crippen molar-refractivity contribution in [2.45, 2.75) is 52.4 Å². The number of thiazole rings is 1. The van der Waals surface area contributed by atoms with Gasteiger partial charge in [-0.1, -0.05) is 19.1 Å². The molecule has 0 spiro atoms. The van der Waals surface area contributed by atoms with Crippen molar-refractivity contribution >= 4 is 23.2 Å². The molecule has 0 saturated carbocycles. The van der Waals surface area contributed by atoms with Crippen LogP contribution in [0.3, 0.4) is 0 Å². The van der Waals surface area contributed by atoms with Crippen molar-refractivity contribution in [3.63, 3.8) is 0 Å². The fourth-order valence-corrected chi connectivity index (χ4v) is 4.47. The van der Waals surface area contributed by atoms with Gasteiger partial charge in [0, 0.05) is 56.3 Å². The molecule has 1 saturated heterocycles. The first-order chi connectivity index (χ1) is 15.0. The lowest BCUT2D eigenvalue weighted by Crippen LogP contribution is -2.48. The van der Waals surface area contributed by atoms with Gasteiger partial charge < -0.3 is 20.3 Å². The van der Waals surface area contributed by atoms with E-state index in [2.05, 4.69) is 27.5 Å². The fraction of sp³-hybridized carbons (Fsp3) is 0.522. The van der Waals surface area contributed by atoms with Crippen LogP contribution in [0.1, 0.15) is 46.6 Å². The number of ether oxygens (including phenoxy) is 1. The standard InChI is InChI=1S/C23H33N5O2S/c1-5-20-13-26-21(31-20)10-11-25-23(24-4)27-12-18-6-8-19(9-7-18)22(29)28-14-16(2)30-17(3)15-28/h6-9,13,16-17H,5,10-12,14-15H2,1-4H3,(H2,24,25,27). The summed E-state index contributed by atoms with van der Waals surface area (Å²) in [6.45, 7) is 8.84. The van der Waals surface area contributed by atoms with Gasteiger partial charge in [-0.2, -0.15) is 0 Å². The van der Waals surface area contributed by atoms with Crippen LogP contribution in [0, 0.1) is 0 Å². The van der Waals surface area contributed by atoms with E-state index in [9.17, 15) is 4.79 Å². The smallest absolute Gasteiger partial charge is 0.254 e. The maximum Gasteiger partial charge on any atom is 0.254 e. The Kier molecular flexibility index (Phi) is 8.43. The minimum absolute atomic E-state index is 0.0624. The minimum atomic E-state index is 0.0624. The zero-order valence-corrected chi connectivity index (χ0v) is 19.7. The SMILES string of the molecule is CCc1cnc(CCNC(=NC)NCc2ccc(C(=O)N3CC(C)OC(C)C3)cc2)s1. The van der Waals surface area contributed by atoms with Crippen molar-refractivity contribution in [1.29, 1.82) is 0 Å². The summed E-state index contributed by atoms with van der Waals surface area (Å²) in [5, 5.41) is 7.79. The van der Waals surface area contributed by atoms with Crippen LogP contribution in [0.15, 0.2) is 35.5 Å². The van der Waals surface area contributed by atoms with Crippen molar-refractivity contribution in [3.8, 4) is 0 Å². The third kappa shape index (κ3) is 6.77. The van der Waals surface area contributed by atoms with E-state index in [1.165, 1.54) is 4.88 Å². The lowest BCUT2D eigenvalue weighted by atomic mass is 10.1. The van der Waals surface area contributed by atoms with Gasteiger partial charge in [-0.3, -0.25) is 9.79 Å². The third-order valence-corrected chi connectivity index (χ3v) is 6.37. The average molecular weight is 444 g/mol. The number of aliphatic imine (C=N–C) groups is 1. The second-order valence-electron chi connectivity index (χ2n) is 7.84. The summed E-state index contributed by atoms with van der Waals surface area (Å²) in [4.78, 5) is 24.7. The summed E-state index contributed by atoms with van der Waals surface area (Å²) in [5.74, 6) is 0.816. The molecule has 0 radical (unpaired) electrons. The molecular weight excluding hydrogens is 410 g/mol. The van der Waals surface area contributed by atoms with Crippen molar-refractivity contribution in [2.75, 3.05) is 26.7 Å². The van der Waals surface area contributed by atoms with Gasteiger partial charge >= 0.3 is 0 Å². The van der Waals surface area contributed by atoms with Gasteiger partial charge in [0.2, 0.25) is 0 Å². The first-order valence-electron chi connectivity index (χ1n) is 10.9.